The van der Waals surface area contributed by atoms with Crippen molar-refractivity contribution >= 4 is 0 Å². The van der Waals surface area contributed by atoms with Crippen LogP contribution in [0.25, 0.3) is 0 Å². The van der Waals surface area contributed by atoms with Gasteiger partial charge in [-0.3, -0.25) is 0 Å². The molecule has 0 bridgehead atoms. The maximum Gasteiger partial charge on any atom is 1.00 e. The summed E-state index contributed by atoms with van der Waals surface area (Å²) in [5, 5.41) is 7.09. The van der Waals surface area contributed by atoms with E-state index in [1.54, 1.807) is 0 Å². The van der Waals surface area contributed by atoms with Crippen LogP contribution in [0.2, 0.25) is 0 Å². The summed E-state index contributed by atoms with van der Waals surface area (Å²) >= 11 is 0. The predicted octanol–water partition coefficient (Wildman–Crippen LogP) is -9.02. The molecule has 0 amide bonds. The highest BCUT2D eigenvalue weighted by Crippen LogP contribution is 2.20. The fourth-order valence-electron chi connectivity index (χ4n) is 1.52. The predicted molar refractivity (Wildman–Crippen MR) is 57.7 cm³/mol. The SMILES string of the molecule is CCCCNC1CC1NCCC[NH3+].[Cl-].[Cl-].[Cl-].[H+].[H+]. The van der Waals surface area contributed by atoms with Gasteiger partial charge in [-0.15, -0.1) is 0 Å². The van der Waals surface area contributed by atoms with Crippen LogP contribution in [0.5, 0.6) is 0 Å². The molecular formula is C10H26Cl3N3. The van der Waals surface area contributed by atoms with Crippen molar-refractivity contribution in [1.82, 2.24) is 10.6 Å². The zero-order chi connectivity index (χ0) is 9.52. The first-order valence-corrected chi connectivity index (χ1v) is 5.64. The molecule has 1 aliphatic rings. The fourth-order valence-corrected chi connectivity index (χ4v) is 1.52. The van der Waals surface area contributed by atoms with Crippen molar-refractivity contribution in [2.45, 2.75) is 44.7 Å². The number of hydrogen-bond donors (Lipinski definition) is 3. The van der Waals surface area contributed by atoms with Crippen molar-refractivity contribution in [2.75, 3.05) is 19.6 Å². The molecular weight excluding hydrogens is 268 g/mol. The molecule has 0 aromatic heterocycles. The molecule has 0 saturated heterocycles. The van der Waals surface area contributed by atoms with Crippen molar-refractivity contribution in [3.05, 3.63) is 0 Å². The Balaban J connectivity index is -0.000000113. The Bertz CT molecular complexity index is 134. The summed E-state index contributed by atoms with van der Waals surface area (Å²) in [4.78, 5) is 0. The lowest BCUT2D eigenvalue weighted by Crippen LogP contribution is -3.00. The zero-order valence-electron chi connectivity index (χ0n) is 11.9. The topological polar surface area (TPSA) is 51.7 Å². The Morgan fingerprint density at radius 2 is 1.56 bits per heavy atom. The summed E-state index contributed by atoms with van der Waals surface area (Å²) in [6.07, 6.45) is 5.13. The Labute approximate surface area is 121 Å². The van der Waals surface area contributed by atoms with Crippen LogP contribution < -0.4 is 53.6 Å². The van der Waals surface area contributed by atoms with E-state index in [1.165, 1.54) is 32.2 Å². The Morgan fingerprint density at radius 1 is 1.06 bits per heavy atom. The molecule has 1 fully saturated rings. The molecule has 0 spiro atoms. The molecule has 0 radical (unpaired) electrons. The molecule has 0 heterocycles. The fraction of sp³-hybridized carbons (Fsp3) is 1.00. The van der Waals surface area contributed by atoms with Gasteiger partial charge in [0.15, 0.2) is 0 Å². The summed E-state index contributed by atoms with van der Waals surface area (Å²) in [6, 6.07) is 1.51. The van der Waals surface area contributed by atoms with Gasteiger partial charge in [0.1, 0.15) is 0 Å². The summed E-state index contributed by atoms with van der Waals surface area (Å²) in [5.41, 5.74) is 3.83. The van der Waals surface area contributed by atoms with Gasteiger partial charge in [0.05, 0.1) is 6.54 Å². The third-order valence-corrected chi connectivity index (χ3v) is 2.56. The smallest absolute Gasteiger partial charge is 1.00 e. The number of halogens is 3. The Morgan fingerprint density at radius 3 is 2.00 bits per heavy atom. The third kappa shape index (κ3) is 9.94. The molecule has 6 heteroatoms. The summed E-state index contributed by atoms with van der Waals surface area (Å²) in [5.74, 6) is 0. The molecule has 3 nitrogen and oxygen atoms in total. The van der Waals surface area contributed by atoms with Crippen LogP contribution in [-0.4, -0.2) is 31.7 Å². The average molecular weight is 295 g/mol. The van der Waals surface area contributed by atoms with Crippen LogP contribution in [0.4, 0.5) is 0 Å². The van der Waals surface area contributed by atoms with E-state index in [9.17, 15) is 0 Å². The van der Waals surface area contributed by atoms with Gasteiger partial charge in [-0.2, -0.15) is 0 Å². The quantitative estimate of drug-likeness (QED) is 0.390. The van der Waals surface area contributed by atoms with Crippen LogP contribution in [-0.2, 0) is 0 Å². The first-order valence-electron chi connectivity index (χ1n) is 5.64. The molecule has 1 aliphatic carbocycles. The molecule has 0 aromatic rings. The van der Waals surface area contributed by atoms with E-state index in [-0.39, 0.29) is 40.1 Å². The maximum atomic E-state index is 3.83. The monoisotopic (exact) mass is 293 g/mol. The second-order valence-electron chi connectivity index (χ2n) is 3.92. The number of quaternary nitrogens is 1. The minimum atomic E-state index is 0. The second kappa shape index (κ2) is 13.8. The largest absolute Gasteiger partial charge is 1.00 e. The van der Waals surface area contributed by atoms with Gasteiger partial charge in [-0.1, -0.05) is 13.3 Å². The zero-order valence-corrected chi connectivity index (χ0v) is 12.2. The van der Waals surface area contributed by atoms with E-state index in [2.05, 4.69) is 23.3 Å². The molecule has 0 aromatic carbocycles. The van der Waals surface area contributed by atoms with E-state index in [1.807, 2.05) is 0 Å². The number of nitrogens with one attached hydrogen (secondary N) is 2. The van der Waals surface area contributed by atoms with Crippen LogP contribution in [0.15, 0.2) is 0 Å². The molecule has 2 atom stereocenters. The van der Waals surface area contributed by atoms with Crippen molar-refractivity contribution in [3.8, 4) is 0 Å². The first-order chi connectivity index (χ1) is 6.38. The third-order valence-electron chi connectivity index (χ3n) is 2.56. The average Bonchev–Trinajstić information content (AvgIpc) is 2.85. The van der Waals surface area contributed by atoms with Crippen molar-refractivity contribution in [2.24, 2.45) is 0 Å². The van der Waals surface area contributed by atoms with E-state index >= 15 is 0 Å². The highest BCUT2D eigenvalue weighted by molar-refractivity contribution is 4.99. The van der Waals surface area contributed by atoms with E-state index in [4.69, 9.17) is 0 Å². The minimum absolute atomic E-state index is 0. The molecule has 2 unspecified atom stereocenters. The summed E-state index contributed by atoms with van der Waals surface area (Å²) < 4.78 is 0. The van der Waals surface area contributed by atoms with Crippen molar-refractivity contribution in [1.29, 1.82) is 0 Å². The maximum absolute atomic E-state index is 3.83. The molecule has 1 rings (SSSR count). The van der Waals surface area contributed by atoms with Gasteiger partial charge in [0.2, 0.25) is 0 Å². The van der Waals surface area contributed by atoms with Crippen molar-refractivity contribution in [3.63, 3.8) is 0 Å². The van der Waals surface area contributed by atoms with Gasteiger partial charge >= 0.3 is 2.85 Å². The lowest BCUT2D eigenvalue weighted by Gasteiger charge is -2.03. The highest BCUT2D eigenvalue weighted by Gasteiger charge is 2.35. The van der Waals surface area contributed by atoms with Crippen LogP contribution in [0.1, 0.15) is 35.5 Å². The number of rotatable bonds is 8. The minimum Gasteiger partial charge on any atom is -1.00 e. The van der Waals surface area contributed by atoms with Gasteiger partial charge in [0, 0.05) is 25.0 Å². The molecule has 102 valence electrons. The Hall–Kier alpha value is 0.750. The lowest BCUT2D eigenvalue weighted by atomic mass is 10.3. The van der Waals surface area contributed by atoms with Crippen LogP contribution in [0.3, 0.4) is 0 Å². The standard InChI is InChI=1S/C10H23N3.3ClH/c1-2-3-6-12-9-8-10(9)13-7-4-5-11;;;/h9-10,12-13H,2-8,11H2,1H3;3*1H. The van der Waals surface area contributed by atoms with Gasteiger partial charge in [-0.05, 0) is 19.4 Å². The molecule has 1 saturated carbocycles. The summed E-state index contributed by atoms with van der Waals surface area (Å²) in [7, 11) is 0. The van der Waals surface area contributed by atoms with E-state index < -0.39 is 0 Å². The number of hydrogen-bond acceptors (Lipinski definition) is 2. The van der Waals surface area contributed by atoms with Crippen LogP contribution in [0, 0.1) is 0 Å². The summed E-state index contributed by atoms with van der Waals surface area (Å²) in [6.45, 7) is 5.61. The van der Waals surface area contributed by atoms with E-state index in [0.717, 1.165) is 25.2 Å². The number of unbranched alkanes of at least 4 members (excludes halogenated alkanes) is 1. The molecule has 0 aliphatic heterocycles. The van der Waals surface area contributed by atoms with Crippen molar-refractivity contribution < 1.29 is 45.8 Å². The second-order valence-corrected chi connectivity index (χ2v) is 3.92. The normalized spacial score (nSPS) is 21.4. The Kier molecular flexibility index (Phi) is 19.0. The van der Waals surface area contributed by atoms with Gasteiger partial charge in [-0.25, -0.2) is 0 Å². The highest BCUT2D eigenvalue weighted by atomic mass is 35.5. The van der Waals surface area contributed by atoms with Gasteiger partial charge in [0.25, 0.3) is 0 Å². The van der Waals surface area contributed by atoms with E-state index in [0.29, 0.717) is 0 Å². The lowest BCUT2D eigenvalue weighted by molar-refractivity contribution is -0.367. The van der Waals surface area contributed by atoms with Crippen LogP contribution >= 0.6 is 0 Å². The van der Waals surface area contributed by atoms with Gasteiger partial charge < -0.3 is 53.6 Å². The molecule has 16 heavy (non-hydrogen) atoms. The first kappa shape index (κ1) is 22.0. The molecule has 5 N–H and O–H groups in total.